The molecule has 1 aliphatic heterocycles. The molecule has 3 nitrogen and oxygen atoms in total. The van der Waals surface area contributed by atoms with Crippen LogP contribution >= 0.6 is 15.9 Å². The Morgan fingerprint density at radius 3 is 2.81 bits per heavy atom. The summed E-state index contributed by atoms with van der Waals surface area (Å²) in [6, 6.07) is 6.02. The van der Waals surface area contributed by atoms with E-state index in [1.165, 1.54) is 0 Å². The lowest BCUT2D eigenvalue weighted by Crippen LogP contribution is -2.25. The van der Waals surface area contributed by atoms with E-state index in [2.05, 4.69) is 15.9 Å². The van der Waals surface area contributed by atoms with E-state index in [9.17, 15) is 4.79 Å². The molecule has 16 heavy (non-hydrogen) atoms. The van der Waals surface area contributed by atoms with Crippen LogP contribution in [0, 0.1) is 6.92 Å². The number of rotatable bonds is 2. The van der Waals surface area contributed by atoms with Gasteiger partial charge in [0.1, 0.15) is 0 Å². The van der Waals surface area contributed by atoms with Crippen LogP contribution in [0.4, 0.5) is 5.69 Å². The van der Waals surface area contributed by atoms with E-state index in [0.29, 0.717) is 13.0 Å². The van der Waals surface area contributed by atoms with Gasteiger partial charge in [-0.1, -0.05) is 28.1 Å². The van der Waals surface area contributed by atoms with Gasteiger partial charge in [-0.3, -0.25) is 4.79 Å². The molecule has 1 amide bonds. The van der Waals surface area contributed by atoms with Gasteiger partial charge in [0, 0.05) is 30.0 Å². The minimum Gasteiger partial charge on any atom is -0.326 e. The van der Waals surface area contributed by atoms with Gasteiger partial charge in [0.2, 0.25) is 5.91 Å². The Hall–Kier alpha value is -0.870. The van der Waals surface area contributed by atoms with Crippen molar-refractivity contribution in [3.05, 3.63) is 29.3 Å². The summed E-state index contributed by atoms with van der Waals surface area (Å²) >= 11 is 3.49. The molecule has 1 aromatic rings. The molecule has 2 N–H and O–H groups in total. The van der Waals surface area contributed by atoms with Crippen LogP contribution in [0.5, 0.6) is 0 Å². The third kappa shape index (κ3) is 2.13. The van der Waals surface area contributed by atoms with Crippen LogP contribution in [0.1, 0.15) is 17.5 Å². The van der Waals surface area contributed by atoms with Crippen molar-refractivity contribution in [1.29, 1.82) is 0 Å². The fourth-order valence-corrected chi connectivity index (χ4v) is 2.61. The van der Waals surface area contributed by atoms with Crippen LogP contribution < -0.4 is 10.6 Å². The van der Waals surface area contributed by atoms with Crippen LogP contribution in [0.2, 0.25) is 0 Å². The standard InChI is InChI=1S/C12H15BrN2O/c1-8-4-9(6-14)2-3-11(8)15-7-10(13)5-12(15)16/h2-4,10H,5-7,14H2,1H3. The SMILES string of the molecule is Cc1cc(CN)ccc1N1CC(Br)CC1=O. The molecule has 0 aromatic heterocycles. The van der Waals surface area contributed by atoms with Crippen LogP contribution in [-0.2, 0) is 11.3 Å². The zero-order valence-corrected chi connectivity index (χ0v) is 10.8. The highest BCUT2D eigenvalue weighted by molar-refractivity contribution is 9.09. The lowest BCUT2D eigenvalue weighted by Gasteiger charge is -2.19. The van der Waals surface area contributed by atoms with Crippen molar-refractivity contribution in [2.24, 2.45) is 5.73 Å². The molecule has 1 aliphatic rings. The van der Waals surface area contributed by atoms with Crippen molar-refractivity contribution < 1.29 is 4.79 Å². The Balaban J connectivity index is 2.30. The molecule has 1 saturated heterocycles. The van der Waals surface area contributed by atoms with Gasteiger partial charge in [0.15, 0.2) is 0 Å². The largest absolute Gasteiger partial charge is 0.326 e. The van der Waals surface area contributed by atoms with Gasteiger partial charge in [-0.25, -0.2) is 0 Å². The van der Waals surface area contributed by atoms with Crippen LogP contribution in [0.25, 0.3) is 0 Å². The monoisotopic (exact) mass is 282 g/mol. The first kappa shape index (κ1) is 11.6. The second kappa shape index (κ2) is 4.55. The average molecular weight is 283 g/mol. The Labute approximate surface area is 104 Å². The van der Waals surface area contributed by atoms with Gasteiger partial charge >= 0.3 is 0 Å². The predicted octanol–water partition coefficient (Wildman–Crippen LogP) is 1.95. The molecule has 1 fully saturated rings. The number of amides is 1. The molecule has 0 aliphatic carbocycles. The molecule has 1 unspecified atom stereocenters. The highest BCUT2D eigenvalue weighted by Gasteiger charge is 2.29. The summed E-state index contributed by atoms with van der Waals surface area (Å²) < 4.78 is 0. The molecular formula is C12H15BrN2O. The van der Waals surface area contributed by atoms with Crippen molar-refractivity contribution >= 4 is 27.5 Å². The summed E-state index contributed by atoms with van der Waals surface area (Å²) in [4.78, 5) is 13.9. The lowest BCUT2D eigenvalue weighted by molar-refractivity contribution is -0.117. The Kier molecular flexibility index (Phi) is 3.30. The fourth-order valence-electron chi connectivity index (χ4n) is 2.04. The first-order chi connectivity index (χ1) is 7.61. The highest BCUT2D eigenvalue weighted by atomic mass is 79.9. The first-order valence-corrected chi connectivity index (χ1v) is 6.27. The number of benzene rings is 1. The van der Waals surface area contributed by atoms with E-state index < -0.39 is 0 Å². The van der Waals surface area contributed by atoms with Gasteiger partial charge in [-0.2, -0.15) is 0 Å². The number of carbonyl (C=O) groups excluding carboxylic acids is 1. The Morgan fingerprint density at radius 2 is 2.31 bits per heavy atom. The maximum absolute atomic E-state index is 11.8. The maximum Gasteiger partial charge on any atom is 0.228 e. The van der Waals surface area contributed by atoms with Gasteiger partial charge in [-0.05, 0) is 24.1 Å². The van der Waals surface area contributed by atoms with E-state index in [4.69, 9.17) is 5.73 Å². The molecule has 0 saturated carbocycles. The molecule has 1 atom stereocenters. The number of aryl methyl sites for hydroxylation is 1. The third-order valence-electron chi connectivity index (χ3n) is 2.87. The van der Waals surface area contributed by atoms with E-state index >= 15 is 0 Å². The van der Waals surface area contributed by atoms with E-state index in [1.807, 2.05) is 30.0 Å². The fraction of sp³-hybridized carbons (Fsp3) is 0.417. The molecule has 1 aromatic carbocycles. The molecule has 1 heterocycles. The van der Waals surface area contributed by atoms with E-state index in [0.717, 1.165) is 23.4 Å². The Bertz CT molecular complexity index is 419. The van der Waals surface area contributed by atoms with Crippen LogP contribution in [0.3, 0.4) is 0 Å². The summed E-state index contributed by atoms with van der Waals surface area (Å²) in [6.45, 7) is 3.31. The minimum atomic E-state index is 0.186. The second-order valence-electron chi connectivity index (χ2n) is 4.13. The summed E-state index contributed by atoms with van der Waals surface area (Å²) in [5.41, 5.74) is 8.80. The topological polar surface area (TPSA) is 46.3 Å². The molecule has 0 spiro atoms. The van der Waals surface area contributed by atoms with E-state index in [-0.39, 0.29) is 10.7 Å². The number of carbonyl (C=O) groups is 1. The quantitative estimate of drug-likeness (QED) is 0.843. The first-order valence-electron chi connectivity index (χ1n) is 5.36. The van der Waals surface area contributed by atoms with Gasteiger partial charge in [0.05, 0.1) is 0 Å². The summed E-state index contributed by atoms with van der Waals surface area (Å²) in [7, 11) is 0. The van der Waals surface area contributed by atoms with Crippen molar-refractivity contribution in [3.63, 3.8) is 0 Å². The number of halogens is 1. The molecule has 2 rings (SSSR count). The molecule has 0 radical (unpaired) electrons. The second-order valence-corrected chi connectivity index (χ2v) is 5.43. The number of hydrogen-bond acceptors (Lipinski definition) is 2. The lowest BCUT2D eigenvalue weighted by atomic mass is 10.1. The third-order valence-corrected chi connectivity index (χ3v) is 3.48. The Morgan fingerprint density at radius 1 is 1.56 bits per heavy atom. The molecule has 86 valence electrons. The van der Waals surface area contributed by atoms with Crippen molar-refractivity contribution in [3.8, 4) is 0 Å². The molecular weight excluding hydrogens is 268 g/mol. The molecule has 0 bridgehead atoms. The zero-order valence-electron chi connectivity index (χ0n) is 9.24. The number of nitrogens with two attached hydrogens (primary N) is 1. The normalized spacial score (nSPS) is 20.6. The van der Waals surface area contributed by atoms with E-state index in [1.54, 1.807) is 0 Å². The smallest absolute Gasteiger partial charge is 0.228 e. The molecule has 4 heteroatoms. The van der Waals surface area contributed by atoms with Crippen molar-refractivity contribution in [2.45, 2.75) is 24.7 Å². The average Bonchev–Trinajstić information content (AvgIpc) is 2.57. The van der Waals surface area contributed by atoms with Gasteiger partial charge in [0.25, 0.3) is 0 Å². The number of nitrogens with zero attached hydrogens (tertiary/aromatic N) is 1. The number of hydrogen-bond donors (Lipinski definition) is 1. The number of alkyl halides is 1. The predicted molar refractivity (Wildman–Crippen MR) is 68.8 cm³/mol. The van der Waals surface area contributed by atoms with Crippen molar-refractivity contribution in [1.82, 2.24) is 0 Å². The van der Waals surface area contributed by atoms with Crippen molar-refractivity contribution in [2.75, 3.05) is 11.4 Å². The highest BCUT2D eigenvalue weighted by Crippen LogP contribution is 2.28. The summed E-state index contributed by atoms with van der Waals surface area (Å²) in [6.07, 6.45) is 0.581. The summed E-state index contributed by atoms with van der Waals surface area (Å²) in [5, 5.41) is 0. The zero-order chi connectivity index (χ0) is 11.7. The van der Waals surface area contributed by atoms with Crippen LogP contribution in [0.15, 0.2) is 18.2 Å². The van der Waals surface area contributed by atoms with Gasteiger partial charge in [-0.15, -0.1) is 0 Å². The van der Waals surface area contributed by atoms with Crippen LogP contribution in [-0.4, -0.2) is 17.3 Å². The maximum atomic E-state index is 11.8. The minimum absolute atomic E-state index is 0.186. The number of anilines is 1. The van der Waals surface area contributed by atoms with Gasteiger partial charge < -0.3 is 10.6 Å². The summed E-state index contributed by atoms with van der Waals surface area (Å²) in [5.74, 6) is 0.186.